The molecule has 0 radical (unpaired) electrons. The van der Waals surface area contributed by atoms with E-state index in [0.717, 1.165) is 17.5 Å². The van der Waals surface area contributed by atoms with Crippen molar-refractivity contribution in [3.05, 3.63) is 47.3 Å². The Morgan fingerprint density at radius 2 is 2.29 bits per heavy atom. The van der Waals surface area contributed by atoms with Gasteiger partial charge in [-0.05, 0) is 19.1 Å². The number of hydrogen-bond donors (Lipinski definition) is 0. The van der Waals surface area contributed by atoms with Crippen molar-refractivity contribution in [1.82, 2.24) is 19.7 Å². The molecule has 0 bridgehead atoms. The number of aromatic nitrogens is 3. The molecule has 1 unspecified atom stereocenters. The second-order valence-corrected chi connectivity index (χ2v) is 5.99. The van der Waals surface area contributed by atoms with E-state index in [1.807, 2.05) is 20.2 Å². The topological polar surface area (TPSA) is 60.2 Å². The van der Waals surface area contributed by atoms with Crippen molar-refractivity contribution < 1.29 is 13.9 Å². The minimum absolute atomic E-state index is 0.0230. The van der Waals surface area contributed by atoms with Crippen LogP contribution in [0.5, 0.6) is 0 Å². The van der Waals surface area contributed by atoms with Gasteiger partial charge in [-0.1, -0.05) is 0 Å². The van der Waals surface area contributed by atoms with E-state index in [0.29, 0.717) is 32.0 Å². The van der Waals surface area contributed by atoms with Crippen molar-refractivity contribution in [2.45, 2.75) is 25.8 Å². The van der Waals surface area contributed by atoms with Gasteiger partial charge < -0.3 is 9.64 Å². The molecule has 6 nitrogen and oxygen atoms in total. The lowest BCUT2D eigenvalue weighted by molar-refractivity contribution is -0.132. The number of carbonyl (C=O) groups excluding carboxylic acids is 1. The van der Waals surface area contributed by atoms with E-state index >= 15 is 0 Å². The summed E-state index contributed by atoms with van der Waals surface area (Å²) < 4.78 is 20.3. The molecule has 0 saturated heterocycles. The predicted molar refractivity (Wildman–Crippen MR) is 85.8 cm³/mol. The predicted octanol–water partition coefficient (Wildman–Crippen LogP) is 1.66. The van der Waals surface area contributed by atoms with E-state index in [4.69, 9.17) is 4.74 Å². The summed E-state index contributed by atoms with van der Waals surface area (Å²) in [5, 5.41) is 4.52. The Morgan fingerprint density at radius 3 is 3.00 bits per heavy atom. The van der Waals surface area contributed by atoms with Crippen molar-refractivity contribution in [3.63, 3.8) is 0 Å². The summed E-state index contributed by atoms with van der Waals surface area (Å²) in [7, 11) is 1.88. The molecule has 0 spiro atoms. The summed E-state index contributed by atoms with van der Waals surface area (Å²) in [5.41, 5.74) is 2.63. The molecular formula is C17H21FN4O2. The Morgan fingerprint density at radius 1 is 1.46 bits per heavy atom. The number of aryl methyl sites for hydroxylation is 1. The van der Waals surface area contributed by atoms with Crippen molar-refractivity contribution >= 4 is 5.91 Å². The third-order valence-electron chi connectivity index (χ3n) is 4.12. The zero-order valence-corrected chi connectivity index (χ0v) is 13.9. The van der Waals surface area contributed by atoms with Gasteiger partial charge in [0.2, 0.25) is 5.91 Å². The molecule has 1 aliphatic heterocycles. The molecule has 24 heavy (non-hydrogen) atoms. The largest absolute Gasteiger partial charge is 0.381 e. The van der Waals surface area contributed by atoms with Crippen LogP contribution in [0.1, 0.15) is 29.8 Å². The van der Waals surface area contributed by atoms with Crippen molar-refractivity contribution in [3.8, 4) is 0 Å². The van der Waals surface area contributed by atoms with Gasteiger partial charge in [0.25, 0.3) is 0 Å². The van der Waals surface area contributed by atoms with Gasteiger partial charge >= 0.3 is 0 Å². The number of pyridine rings is 1. The molecule has 0 aliphatic carbocycles. The van der Waals surface area contributed by atoms with Crippen LogP contribution in [-0.2, 0) is 29.5 Å². The average Bonchev–Trinajstić information content (AvgIpc) is 2.94. The first kappa shape index (κ1) is 16.6. The number of amides is 1. The Bertz CT molecular complexity index is 714. The zero-order valence-electron chi connectivity index (χ0n) is 13.9. The quantitative estimate of drug-likeness (QED) is 0.835. The average molecular weight is 332 g/mol. The molecule has 0 saturated carbocycles. The van der Waals surface area contributed by atoms with Gasteiger partial charge in [-0.3, -0.25) is 14.5 Å². The smallest absolute Gasteiger partial charge is 0.228 e. The second-order valence-electron chi connectivity index (χ2n) is 5.99. The molecule has 3 rings (SSSR count). The minimum atomic E-state index is -0.402. The summed E-state index contributed by atoms with van der Waals surface area (Å²) in [6, 6.07) is 2.87. The number of carbonyl (C=O) groups is 1. The molecule has 7 heteroatoms. The molecule has 2 aromatic rings. The van der Waals surface area contributed by atoms with E-state index in [1.54, 1.807) is 15.6 Å². The molecule has 0 fully saturated rings. The molecule has 1 aliphatic rings. The summed E-state index contributed by atoms with van der Waals surface area (Å²) in [5.74, 6) is -0.355. The first-order valence-corrected chi connectivity index (χ1v) is 8.05. The third kappa shape index (κ3) is 3.62. The Kier molecular flexibility index (Phi) is 4.89. The van der Waals surface area contributed by atoms with Crippen LogP contribution in [0.2, 0.25) is 0 Å². The fourth-order valence-corrected chi connectivity index (χ4v) is 3.00. The zero-order chi connectivity index (χ0) is 17.1. The molecule has 2 aromatic heterocycles. The molecule has 3 heterocycles. The van der Waals surface area contributed by atoms with Crippen LogP contribution in [0.3, 0.4) is 0 Å². The maximum Gasteiger partial charge on any atom is 0.228 e. The molecule has 1 atom stereocenters. The number of nitrogens with zero attached hydrogens (tertiary/aromatic N) is 4. The van der Waals surface area contributed by atoms with Crippen molar-refractivity contribution in [2.24, 2.45) is 7.05 Å². The van der Waals surface area contributed by atoms with Gasteiger partial charge in [0.05, 0.1) is 24.9 Å². The van der Waals surface area contributed by atoms with Crippen LogP contribution in [0.4, 0.5) is 4.39 Å². The highest BCUT2D eigenvalue weighted by molar-refractivity contribution is 5.78. The van der Waals surface area contributed by atoms with Gasteiger partial charge in [0.1, 0.15) is 5.82 Å². The molecule has 0 aromatic carbocycles. The van der Waals surface area contributed by atoms with Crippen LogP contribution in [0.25, 0.3) is 0 Å². The van der Waals surface area contributed by atoms with Crippen LogP contribution < -0.4 is 0 Å². The molecule has 0 N–H and O–H groups in total. The highest BCUT2D eigenvalue weighted by Gasteiger charge is 2.30. The van der Waals surface area contributed by atoms with Gasteiger partial charge in [-0.2, -0.15) is 5.10 Å². The number of halogens is 1. The van der Waals surface area contributed by atoms with Crippen LogP contribution in [-0.4, -0.2) is 45.3 Å². The van der Waals surface area contributed by atoms with Gasteiger partial charge in [0, 0.05) is 50.1 Å². The normalized spacial score (nSPS) is 17.0. The lowest BCUT2D eigenvalue weighted by Gasteiger charge is -2.32. The van der Waals surface area contributed by atoms with E-state index in [2.05, 4.69) is 10.1 Å². The van der Waals surface area contributed by atoms with Crippen molar-refractivity contribution in [1.29, 1.82) is 0 Å². The SMILES string of the molecule is CCOCC1CN(C(=O)Cc2ccc(F)cn2)Cc2cn(C)nc21. The summed E-state index contributed by atoms with van der Waals surface area (Å²) in [6.45, 7) is 4.23. The molecular weight excluding hydrogens is 311 g/mol. The minimum Gasteiger partial charge on any atom is -0.381 e. The first-order chi connectivity index (χ1) is 11.6. The summed E-state index contributed by atoms with van der Waals surface area (Å²) in [4.78, 5) is 18.4. The van der Waals surface area contributed by atoms with E-state index in [-0.39, 0.29) is 18.2 Å². The van der Waals surface area contributed by atoms with Crippen LogP contribution in [0, 0.1) is 5.82 Å². The van der Waals surface area contributed by atoms with Gasteiger partial charge in [-0.25, -0.2) is 4.39 Å². The molecule has 128 valence electrons. The van der Waals surface area contributed by atoms with E-state index in [9.17, 15) is 9.18 Å². The fourth-order valence-electron chi connectivity index (χ4n) is 3.00. The lowest BCUT2D eigenvalue weighted by atomic mass is 9.97. The maximum absolute atomic E-state index is 12.9. The Balaban J connectivity index is 1.74. The lowest BCUT2D eigenvalue weighted by Crippen LogP contribution is -2.40. The number of hydrogen-bond acceptors (Lipinski definition) is 4. The monoisotopic (exact) mass is 332 g/mol. The van der Waals surface area contributed by atoms with Crippen molar-refractivity contribution in [2.75, 3.05) is 19.8 Å². The fraction of sp³-hybridized carbons (Fsp3) is 0.471. The summed E-state index contributed by atoms with van der Waals surface area (Å²) >= 11 is 0. The van der Waals surface area contributed by atoms with Crippen LogP contribution in [0.15, 0.2) is 24.5 Å². The first-order valence-electron chi connectivity index (χ1n) is 8.05. The maximum atomic E-state index is 12.9. The number of fused-ring (bicyclic) bond motifs is 1. The van der Waals surface area contributed by atoms with Gasteiger partial charge in [0.15, 0.2) is 0 Å². The number of rotatable bonds is 5. The van der Waals surface area contributed by atoms with E-state index < -0.39 is 5.82 Å². The van der Waals surface area contributed by atoms with Gasteiger partial charge in [-0.15, -0.1) is 0 Å². The highest BCUT2D eigenvalue weighted by atomic mass is 19.1. The third-order valence-corrected chi connectivity index (χ3v) is 4.12. The Hall–Kier alpha value is -2.28. The standard InChI is InChI=1S/C17H21FN4O2/c1-3-24-11-13-10-22(9-12-8-21(2)20-17(12)13)16(23)6-15-5-4-14(18)7-19-15/h4-5,7-8,13H,3,6,9-11H2,1-2H3. The number of ether oxygens (including phenoxy) is 1. The second kappa shape index (κ2) is 7.09. The van der Waals surface area contributed by atoms with E-state index in [1.165, 1.54) is 6.07 Å². The Labute approximate surface area is 140 Å². The van der Waals surface area contributed by atoms with Crippen LogP contribution >= 0.6 is 0 Å². The summed E-state index contributed by atoms with van der Waals surface area (Å²) in [6.07, 6.45) is 3.25. The molecule has 1 amide bonds. The highest BCUT2D eigenvalue weighted by Crippen LogP contribution is 2.27.